The van der Waals surface area contributed by atoms with Crippen molar-refractivity contribution in [2.24, 2.45) is 5.73 Å². The van der Waals surface area contributed by atoms with Crippen molar-refractivity contribution < 1.29 is 14.7 Å². The molecule has 0 aliphatic rings. The molecule has 1 amide bonds. The van der Waals surface area contributed by atoms with Gasteiger partial charge in [-0.1, -0.05) is 6.92 Å². The smallest absolute Gasteiger partial charge is 0.354 e. The molecule has 0 bridgehead atoms. The predicted molar refractivity (Wildman–Crippen MR) is 60.3 cm³/mol. The van der Waals surface area contributed by atoms with Gasteiger partial charge in [0.25, 0.3) is 0 Å². The van der Waals surface area contributed by atoms with Gasteiger partial charge < -0.3 is 10.8 Å². The Kier molecular flexibility index (Phi) is 4.30. The fourth-order valence-electron chi connectivity index (χ4n) is 1.11. The quantitative estimate of drug-likeness (QED) is 0.753. The number of amides is 1. The Morgan fingerprint density at radius 2 is 2.31 bits per heavy atom. The molecule has 1 aromatic rings. The summed E-state index contributed by atoms with van der Waals surface area (Å²) in [5, 5.41) is 8.40. The molecule has 0 spiro atoms. The number of hydrogen-bond donors (Lipinski definition) is 2. The number of thioether (sulfide) groups is 1. The zero-order chi connectivity index (χ0) is 12.1. The van der Waals surface area contributed by atoms with E-state index in [0.29, 0.717) is 11.3 Å². The van der Waals surface area contributed by atoms with E-state index in [1.165, 1.54) is 24.0 Å². The Morgan fingerprint density at radius 1 is 1.62 bits per heavy atom. The molecule has 16 heavy (non-hydrogen) atoms. The monoisotopic (exact) mass is 240 g/mol. The molecular weight excluding hydrogens is 228 g/mol. The minimum absolute atomic E-state index is 0.0377. The van der Waals surface area contributed by atoms with E-state index in [1.54, 1.807) is 6.07 Å². The van der Waals surface area contributed by atoms with Crippen LogP contribution in [0.3, 0.4) is 0 Å². The minimum Gasteiger partial charge on any atom is -0.477 e. The van der Waals surface area contributed by atoms with Gasteiger partial charge in [-0.15, -0.1) is 11.8 Å². The van der Waals surface area contributed by atoms with Crippen molar-refractivity contribution in [2.45, 2.75) is 23.5 Å². The van der Waals surface area contributed by atoms with Crippen LogP contribution in [0.25, 0.3) is 0 Å². The first kappa shape index (κ1) is 12.5. The van der Waals surface area contributed by atoms with Gasteiger partial charge in [0.15, 0.2) is 0 Å². The van der Waals surface area contributed by atoms with Crippen LogP contribution in [-0.2, 0) is 4.79 Å². The number of pyridine rings is 1. The van der Waals surface area contributed by atoms with Crippen LogP contribution in [-0.4, -0.2) is 27.2 Å². The van der Waals surface area contributed by atoms with Gasteiger partial charge in [-0.05, 0) is 18.6 Å². The average Bonchev–Trinajstić information content (AvgIpc) is 2.25. The molecule has 3 N–H and O–H groups in total. The highest BCUT2D eigenvalue weighted by Crippen LogP contribution is 2.25. The van der Waals surface area contributed by atoms with Crippen LogP contribution < -0.4 is 5.73 Å². The molecule has 1 rings (SSSR count). The second-order valence-electron chi connectivity index (χ2n) is 3.10. The zero-order valence-electron chi connectivity index (χ0n) is 8.71. The summed E-state index contributed by atoms with van der Waals surface area (Å²) in [7, 11) is 0. The molecule has 0 saturated heterocycles. The first-order chi connectivity index (χ1) is 7.54. The Labute approximate surface area is 97.1 Å². The second kappa shape index (κ2) is 5.50. The molecule has 1 heterocycles. The lowest BCUT2D eigenvalue weighted by atomic mass is 10.3. The summed E-state index contributed by atoms with van der Waals surface area (Å²) in [6, 6.07) is 3.08. The molecule has 1 aromatic heterocycles. The Hall–Kier alpha value is -1.56. The number of rotatable bonds is 5. The van der Waals surface area contributed by atoms with Crippen LogP contribution in [0.4, 0.5) is 0 Å². The van der Waals surface area contributed by atoms with Crippen molar-refractivity contribution in [1.82, 2.24) is 4.98 Å². The first-order valence-electron chi connectivity index (χ1n) is 4.70. The lowest BCUT2D eigenvalue weighted by Crippen LogP contribution is -2.24. The molecule has 0 fully saturated rings. The van der Waals surface area contributed by atoms with E-state index in [-0.39, 0.29) is 10.9 Å². The number of hydrogen-bond acceptors (Lipinski definition) is 4. The average molecular weight is 240 g/mol. The van der Waals surface area contributed by atoms with Crippen LogP contribution in [0.2, 0.25) is 0 Å². The SMILES string of the molecule is CCC(Sc1ccnc(C(=O)O)c1)C(N)=O. The molecule has 0 aliphatic carbocycles. The number of carbonyl (C=O) groups excluding carboxylic acids is 1. The van der Waals surface area contributed by atoms with Gasteiger partial charge in [0.05, 0.1) is 5.25 Å². The molecule has 0 saturated carbocycles. The maximum Gasteiger partial charge on any atom is 0.354 e. The minimum atomic E-state index is -1.09. The fourth-order valence-corrected chi connectivity index (χ4v) is 2.04. The summed E-state index contributed by atoms with van der Waals surface area (Å²) in [6.45, 7) is 1.85. The number of carboxylic acid groups (broad SMARTS) is 1. The predicted octanol–water partition coefficient (Wildman–Crippen LogP) is 1.14. The summed E-state index contributed by atoms with van der Waals surface area (Å²) >= 11 is 1.25. The third-order valence-corrected chi connectivity index (χ3v) is 3.29. The van der Waals surface area contributed by atoms with Crippen LogP contribution in [0.5, 0.6) is 0 Å². The molecule has 0 aliphatic heterocycles. The van der Waals surface area contributed by atoms with Gasteiger partial charge in [-0.2, -0.15) is 0 Å². The summed E-state index contributed by atoms with van der Waals surface area (Å²) in [4.78, 5) is 26.1. The number of primary amides is 1. The van der Waals surface area contributed by atoms with Gasteiger partial charge in [-0.3, -0.25) is 4.79 Å². The summed E-state index contributed by atoms with van der Waals surface area (Å²) < 4.78 is 0. The van der Waals surface area contributed by atoms with Crippen LogP contribution in [0, 0.1) is 0 Å². The highest BCUT2D eigenvalue weighted by atomic mass is 32.2. The molecule has 86 valence electrons. The van der Waals surface area contributed by atoms with Crippen molar-refractivity contribution in [3.63, 3.8) is 0 Å². The Morgan fingerprint density at radius 3 is 2.81 bits per heavy atom. The summed E-state index contributed by atoms with van der Waals surface area (Å²) in [5.41, 5.74) is 5.16. The van der Waals surface area contributed by atoms with E-state index in [0.717, 1.165) is 0 Å². The number of carboxylic acids is 1. The Balaban J connectivity index is 2.84. The number of carbonyl (C=O) groups is 2. The molecule has 1 unspecified atom stereocenters. The van der Waals surface area contributed by atoms with Crippen LogP contribution in [0.1, 0.15) is 23.8 Å². The maximum atomic E-state index is 11.0. The number of nitrogens with two attached hydrogens (primary N) is 1. The van der Waals surface area contributed by atoms with Crippen molar-refractivity contribution >= 4 is 23.6 Å². The number of nitrogens with zero attached hydrogens (tertiary/aromatic N) is 1. The van der Waals surface area contributed by atoms with Gasteiger partial charge in [0.1, 0.15) is 5.69 Å². The van der Waals surface area contributed by atoms with Crippen molar-refractivity contribution in [2.75, 3.05) is 0 Å². The molecule has 1 atom stereocenters. The van der Waals surface area contributed by atoms with Crippen molar-refractivity contribution in [3.8, 4) is 0 Å². The number of aromatic carboxylic acids is 1. The van der Waals surface area contributed by atoms with E-state index in [2.05, 4.69) is 4.98 Å². The van der Waals surface area contributed by atoms with Gasteiger partial charge in [0.2, 0.25) is 5.91 Å². The summed E-state index contributed by atoms with van der Waals surface area (Å²) in [5.74, 6) is -1.49. The molecule has 5 nitrogen and oxygen atoms in total. The van der Waals surface area contributed by atoms with Crippen molar-refractivity contribution in [1.29, 1.82) is 0 Å². The standard InChI is InChI=1S/C10H12N2O3S/c1-2-8(9(11)13)16-6-3-4-12-7(5-6)10(14)15/h3-5,8H,2H2,1H3,(H2,11,13)(H,14,15). The molecule has 0 aromatic carbocycles. The lowest BCUT2D eigenvalue weighted by Gasteiger charge is -2.10. The zero-order valence-corrected chi connectivity index (χ0v) is 9.53. The van der Waals surface area contributed by atoms with Crippen LogP contribution >= 0.6 is 11.8 Å². The molecule has 0 radical (unpaired) electrons. The van der Waals surface area contributed by atoms with E-state index in [4.69, 9.17) is 10.8 Å². The van der Waals surface area contributed by atoms with Gasteiger partial charge in [0, 0.05) is 11.1 Å². The molecular formula is C10H12N2O3S. The number of aromatic nitrogens is 1. The highest BCUT2D eigenvalue weighted by molar-refractivity contribution is 8.00. The van der Waals surface area contributed by atoms with Gasteiger partial charge in [-0.25, -0.2) is 9.78 Å². The summed E-state index contributed by atoms with van der Waals surface area (Å²) in [6.07, 6.45) is 2.00. The van der Waals surface area contributed by atoms with E-state index >= 15 is 0 Å². The Bertz CT molecular complexity index is 409. The largest absolute Gasteiger partial charge is 0.477 e. The fraction of sp³-hybridized carbons (Fsp3) is 0.300. The normalized spacial score (nSPS) is 12.1. The van der Waals surface area contributed by atoms with E-state index in [1.807, 2.05) is 6.92 Å². The third-order valence-electron chi connectivity index (χ3n) is 1.92. The van der Waals surface area contributed by atoms with Crippen LogP contribution in [0.15, 0.2) is 23.2 Å². The first-order valence-corrected chi connectivity index (χ1v) is 5.58. The second-order valence-corrected chi connectivity index (χ2v) is 4.38. The third kappa shape index (κ3) is 3.23. The lowest BCUT2D eigenvalue weighted by molar-refractivity contribution is -0.117. The van der Waals surface area contributed by atoms with E-state index in [9.17, 15) is 9.59 Å². The van der Waals surface area contributed by atoms with E-state index < -0.39 is 11.9 Å². The van der Waals surface area contributed by atoms with Crippen molar-refractivity contribution in [3.05, 3.63) is 24.0 Å². The highest BCUT2D eigenvalue weighted by Gasteiger charge is 2.15. The topological polar surface area (TPSA) is 93.3 Å². The maximum absolute atomic E-state index is 11.0. The molecule has 6 heteroatoms. The van der Waals surface area contributed by atoms with Gasteiger partial charge >= 0.3 is 5.97 Å².